The number of hydrogen-bond donors (Lipinski definition) is 1. The number of benzene rings is 3. The van der Waals surface area contributed by atoms with E-state index in [1.165, 1.54) is 12.1 Å². The largest absolute Gasteiger partial charge is 0.278 e. The molecule has 3 aromatic rings. The summed E-state index contributed by atoms with van der Waals surface area (Å²) in [6, 6.07) is 26.1. The smallest absolute Gasteiger partial charge is 0.271 e. The molecule has 28 heavy (non-hydrogen) atoms. The van der Waals surface area contributed by atoms with Gasteiger partial charge in [0, 0.05) is 12.1 Å². The predicted octanol–water partition coefficient (Wildman–Crippen LogP) is 5.79. The molecule has 0 saturated heterocycles. The van der Waals surface area contributed by atoms with E-state index in [9.17, 15) is 10.1 Å². The second-order valence-corrected chi connectivity index (χ2v) is 5.94. The van der Waals surface area contributed by atoms with Crippen molar-refractivity contribution in [2.24, 2.45) is 5.10 Å². The maximum atomic E-state index is 10.9. The Hall–Kier alpha value is -3.99. The van der Waals surface area contributed by atoms with Crippen molar-refractivity contribution in [3.8, 4) is 0 Å². The van der Waals surface area contributed by atoms with Crippen molar-refractivity contribution in [1.29, 1.82) is 0 Å². The van der Waals surface area contributed by atoms with E-state index < -0.39 is 4.92 Å². The molecule has 0 spiro atoms. The second-order valence-electron chi connectivity index (χ2n) is 5.94. The third-order valence-electron chi connectivity index (χ3n) is 3.86. The molecule has 3 aromatic carbocycles. The molecule has 0 bridgehead atoms. The average Bonchev–Trinajstić information content (AvgIpc) is 2.75. The summed E-state index contributed by atoms with van der Waals surface area (Å²) in [5, 5.41) is 15.3. The summed E-state index contributed by atoms with van der Waals surface area (Å²) in [5.74, 6) is 0. The van der Waals surface area contributed by atoms with E-state index in [1.54, 1.807) is 12.1 Å². The van der Waals surface area contributed by atoms with Gasteiger partial charge in [0.2, 0.25) is 0 Å². The Balaban J connectivity index is 1.83. The average molecular weight is 369 g/mol. The van der Waals surface area contributed by atoms with Gasteiger partial charge in [0.25, 0.3) is 5.69 Å². The molecule has 0 fully saturated rings. The number of nitro benzene ring substituents is 1. The molecule has 0 atom stereocenters. The molecule has 0 radical (unpaired) electrons. The van der Waals surface area contributed by atoms with Crippen molar-refractivity contribution in [2.45, 2.75) is 0 Å². The van der Waals surface area contributed by atoms with Crippen LogP contribution in [-0.2, 0) is 0 Å². The standard InChI is InChI=1S/C23H19N3O2/c27-26(28)23-13-7-12-22(18-23)25-24-21(16-14-19-8-3-1-4-9-19)17-15-20-10-5-2-6-11-20/h1-18,25H/b16-14+,17-15+. The van der Waals surface area contributed by atoms with Crippen LogP contribution < -0.4 is 5.43 Å². The molecule has 0 unspecified atom stereocenters. The summed E-state index contributed by atoms with van der Waals surface area (Å²) in [4.78, 5) is 10.5. The zero-order valence-electron chi connectivity index (χ0n) is 15.1. The topological polar surface area (TPSA) is 67.5 Å². The predicted molar refractivity (Wildman–Crippen MR) is 115 cm³/mol. The van der Waals surface area contributed by atoms with Gasteiger partial charge < -0.3 is 0 Å². The van der Waals surface area contributed by atoms with E-state index in [0.29, 0.717) is 11.4 Å². The fraction of sp³-hybridized carbons (Fsp3) is 0. The summed E-state index contributed by atoms with van der Waals surface area (Å²) in [7, 11) is 0. The fourth-order valence-corrected chi connectivity index (χ4v) is 2.44. The Morgan fingerprint density at radius 1 is 0.821 bits per heavy atom. The van der Waals surface area contributed by atoms with Crippen molar-refractivity contribution in [3.05, 3.63) is 118 Å². The van der Waals surface area contributed by atoms with E-state index in [-0.39, 0.29) is 5.69 Å². The number of rotatable bonds is 7. The molecule has 1 N–H and O–H groups in total. The molecule has 0 saturated carbocycles. The lowest BCUT2D eigenvalue weighted by atomic mass is 10.1. The molecule has 0 aromatic heterocycles. The van der Waals surface area contributed by atoms with E-state index in [4.69, 9.17) is 0 Å². The van der Waals surface area contributed by atoms with Crippen LogP contribution in [-0.4, -0.2) is 10.6 Å². The summed E-state index contributed by atoms with van der Waals surface area (Å²) in [6.45, 7) is 0. The number of anilines is 1. The quantitative estimate of drug-likeness (QED) is 0.326. The summed E-state index contributed by atoms with van der Waals surface area (Å²) < 4.78 is 0. The third-order valence-corrected chi connectivity index (χ3v) is 3.86. The third kappa shape index (κ3) is 5.78. The minimum atomic E-state index is -0.430. The number of allylic oxidation sites excluding steroid dienone is 2. The number of nitrogens with zero attached hydrogens (tertiary/aromatic N) is 2. The number of hydrazone groups is 1. The van der Waals surface area contributed by atoms with Crippen LogP contribution in [0.25, 0.3) is 12.2 Å². The van der Waals surface area contributed by atoms with Gasteiger partial charge in [0.1, 0.15) is 0 Å². The van der Waals surface area contributed by atoms with E-state index in [1.807, 2.05) is 85.0 Å². The molecule has 3 rings (SSSR count). The normalized spacial score (nSPS) is 10.9. The van der Waals surface area contributed by atoms with Gasteiger partial charge in [0.15, 0.2) is 0 Å². The summed E-state index contributed by atoms with van der Waals surface area (Å²) in [5.41, 5.74) is 6.25. The van der Waals surface area contributed by atoms with Gasteiger partial charge in [-0.05, 0) is 29.3 Å². The lowest BCUT2D eigenvalue weighted by Crippen LogP contribution is -1.97. The Bertz CT molecular complexity index is 959. The highest BCUT2D eigenvalue weighted by Gasteiger charge is 2.04. The lowest BCUT2D eigenvalue weighted by molar-refractivity contribution is -0.384. The Morgan fingerprint density at radius 2 is 1.39 bits per heavy atom. The highest BCUT2D eigenvalue weighted by Crippen LogP contribution is 2.17. The fourth-order valence-electron chi connectivity index (χ4n) is 2.44. The van der Waals surface area contributed by atoms with Gasteiger partial charge in [-0.2, -0.15) is 5.10 Å². The first-order valence-electron chi connectivity index (χ1n) is 8.75. The molecule has 5 heteroatoms. The van der Waals surface area contributed by atoms with Crippen molar-refractivity contribution in [3.63, 3.8) is 0 Å². The highest BCUT2D eigenvalue weighted by molar-refractivity contribution is 6.08. The molecule has 5 nitrogen and oxygen atoms in total. The number of hydrogen-bond acceptors (Lipinski definition) is 4. The molecule has 0 aliphatic rings. The van der Waals surface area contributed by atoms with Gasteiger partial charge in [-0.1, -0.05) is 78.9 Å². The number of nitrogens with one attached hydrogen (secondary N) is 1. The van der Waals surface area contributed by atoms with Crippen LogP contribution in [0.4, 0.5) is 11.4 Å². The molecular formula is C23H19N3O2. The SMILES string of the molecule is O=[N+]([O-])c1cccc(NN=C(/C=C/c2ccccc2)/C=C/c2ccccc2)c1. The maximum absolute atomic E-state index is 10.9. The van der Waals surface area contributed by atoms with Crippen LogP contribution in [0.2, 0.25) is 0 Å². The second kappa shape index (κ2) is 9.64. The van der Waals surface area contributed by atoms with Crippen molar-refractivity contribution in [2.75, 3.05) is 5.43 Å². The van der Waals surface area contributed by atoms with E-state index >= 15 is 0 Å². The minimum Gasteiger partial charge on any atom is -0.278 e. The zero-order valence-corrected chi connectivity index (χ0v) is 15.1. The summed E-state index contributed by atoms with van der Waals surface area (Å²) in [6.07, 6.45) is 7.70. The number of nitro groups is 1. The Labute approximate surface area is 163 Å². The molecule has 0 heterocycles. The number of non-ortho nitro benzene ring substituents is 1. The van der Waals surface area contributed by atoms with Crippen LogP contribution in [0.15, 0.2) is 102 Å². The summed E-state index contributed by atoms with van der Waals surface area (Å²) >= 11 is 0. The van der Waals surface area contributed by atoms with Gasteiger partial charge in [-0.25, -0.2) is 0 Å². The molecule has 0 aliphatic heterocycles. The highest BCUT2D eigenvalue weighted by atomic mass is 16.6. The maximum Gasteiger partial charge on any atom is 0.271 e. The lowest BCUT2D eigenvalue weighted by Gasteiger charge is -2.02. The van der Waals surface area contributed by atoms with Crippen LogP contribution >= 0.6 is 0 Å². The van der Waals surface area contributed by atoms with Crippen LogP contribution in [0.5, 0.6) is 0 Å². The van der Waals surface area contributed by atoms with E-state index in [0.717, 1.165) is 11.1 Å². The van der Waals surface area contributed by atoms with Gasteiger partial charge in [-0.3, -0.25) is 15.5 Å². The molecule has 0 aliphatic carbocycles. The van der Waals surface area contributed by atoms with Crippen molar-refractivity contribution >= 4 is 29.2 Å². The molecule has 0 amide bonds. The first-order chi connectivity index (χ1) is 13.7. The van der Waals surface area contributed by atoms with Crippen molar-refractivity contribution < 1.29 is 4.92 Å². The van der Waals surface area contributed by atoms with Gasteiger partial charge >= 0.3 is 0 Å². The molecule has 138 valence electrons. The van der Waals surface area contributed by atoms with Crippen LogP contribution in [0.1, 0.15) is 11.1 Å². The van der Waals surface area contributed by atoms with Crippen molar-refractivity contribution in [1.82, 2.24) is 0 Å². The Kier molecular flexibility index (Phi) is 6.47. The molecular weight excluding hydrogens is 350 g/mol. The monoisotopic (exact) mass is 369 g/mol. The van der Waals surface area contributed by atoms with Crippen LogP contribution in [0, 0.1) is 10.1 Å². The van der Waals surface area contributed by atoms with Gasteiger partial charge in [0.05, 0.1) is 16.3 Å². The van der Waals surface area contributed by atoms with Gasteiger partial charge in [-0.15, -0.1) is 0 Å². The zero-order chi connectivity index (χ0) is 19.6. The van der Waals surface area contributed by atoms with E-state index in [2.05, 4.69) is 10.5 Å². The first kappa shape index (κ1) is 18.8. The van der Waals surface area contributed by atoms with Crippen LogP contribution in [0.3, 0.4) is 0 Å². The first-order valence-corrected chi connectivity index (χ1v) is 8.75. The minimum absolute atomic E-state index is 0.0152. The Morgan fingerprint density at radius 3 is 1.93 bits per heavy atom.